The summed E-state index contributed by atoms with van der Waals surface area (Å²) < 4.78 is 0. The van der Waals surface area contributed by atoms with Crippen LogP contribution in [-0.4, -0.2) is 33.7 Å². The first kappa shape index (κ1) is 25.0. The summed E-state index contributed by atoms with van der Waals surface area (Å²) in [5, 5.41) is 31.6. The van der Waals surface area contributed by atoms with Gasteiger partial charge in [0.2, 0.25) is 5.78 Å². The average Bonchev–Trinajstić information content (AvgIpc) is 3.19. The van der Waals surface area contributed by atoms with Gasteiger partial charge < -0.3 is 15.3 Å². The molecule has 10 atom stereocenters. The highest BCUT2D eigenvalue weighted by Crippen LogP contribution is 2.77. The molecule has 5 aliphatic carbocycles. The summed E-state index contributed by atoms with van der Waals surface area (Å²) in [6.07, 6.45) is 8.86. The second-order valence-electron chi connectivity index (χ2n) is 13.9. The number of aliphatic hydroxyl groups excluding tert-OH is 2. The zero-order valence-corrected chi connectivity index (χ0v) is 22.2. The number of carboxylic acid groups (broad SMARTS) is 1. The van der Waals surface area contributed by atoms with Crippen LogP contribution >= 0.6 is 0 Å². The van der Waals surface area contributed by atoms with E-state index in [1.165, 1.54) is 0 Å². The summed E-state index contributed by atoms with van der Waals surface area (Å²) in [6.45, 7) is 15.0. The first-order valence-electron chi connectivity index (χ1n) is 13.7. The van der Waals surface area contributed by atoms with Crippen LogP contribution in [0.15, 0.2) is 24.0 Å². The van der Waals surface area contributed by atoms with E-state index in [4.69, 9.17) is 0 Å². The highest BCUT2D eigenvalue weighted by molar-refractivity contribution is 5.99. The van der Waals surface area contributed by atoms with Crippen LogP contribution in [0.25, 0.3) is 0 Å². The van der Waals surface area contributed by atoms with Crippen molar-refractivity contribution in [3.8, 4) is 0 Å². The van der Waals surface area contributed by atoms with Crippen molar-refractivity contribution in [1.82, 2.24) is 0 Å². The van der Waals surface area contributed by atoms with E-state index in [-0.39, 0.29) is 58.1 Å². The molecule has 0 amide bonds. The SMILES string of the molecule is C=C(C)[C@@H]1CC[C@]2(C(=O)O)CC[C@]3(C)[C@H](CC[C@@H]4[C@@]5(C)C=C(O)C(=O)[C@@](C)(CO)[C@@H]5CC[C@]43C)[C@@H]12. The van der Waals surface area contributed by atoms with Crippen molar-refractivity contribution in [2.45, 2.75) is 86.0 Å². The average molecular weight is 485 g/mol. The van der Waals surface area contributed by atoms with Crippen LogP contribution in [0.3, 0.4) is 0 Å². The van der Waals surface area contributed by atoms with Gasteiger partial charge in [-0.05, 0) is 117 Å². The molecule has 0 radical (unpaired) electrons. The van der Waals surface area contributed by atoms with Gasteiger partial charge in [-0.1, -0.05) is 32.9 Å². The largest absolute Gasteiger partial charge is 0.505 e. The summed E-state index contributed by atoms with van der Waals surface area (Å²) in [5.41, 5.74) is -0.922. The topological polar surface area (TPSA) is 94.8 Å². The minimum absolute atomic E-state index is 0.0158. The van der Waals surface area contributed by atoms with Crippen molar-refractivity contribution in [1.29, 1.82) is 0 Å². The molecule has 0 aromatic carbocycles. The number of fused-ring (bicyclic) bond motifs is 7. The van der Waals surface area contributed by atoms with Crippen molar-refractivity contribution < 1.29 is 24.9 Å². The van der Waals surface area contributed by atoms with Gasteiger partial charge in [0, 0.05) is 0 Å². The molecule has 0 bridgehead atoms. The fraction of sp³-hybridized carbons (Fsp3) is 0.800. The number of carbonyl (C=O) groups is 2. The van der Waals surface area contributed by atoms with Gasteiger partial charge in [0.1, 0.15) is 0 Å². The molecule has 4 saturated carbocycles. The van der Waals surface area contributed by atoms with E-state index in [0.29, 0.717) is 5.92 Å². The molecule has 4 fully saturated rings. The molecule has 0 saturated heterocycles. The molecule has 194 valence electrons. The van der Waals surface area contributed by atoms with Crippen LogP contribution in [0.2, 0.25) is 0 Å². The lowest BCUT2D eigenvalue weighted by Gasteiger charge is -2.71. The quantitative estimate of drug-likeness (QED) is 0.432. The molecular weight excluding hydrogens is 440 g/mol. The summed E-state index contributed by atoms with van der Waals surface area (Å²) in [5.74, 6) is -0.181. The van der Waals surface area contributed by atoms with E-state index in [9.17, 15) is 24.9 Å². The fourth-order valence-electron chi connectivity index (χ4n) is 11.0. The molecule has 5 heteroatoms. The Labute approximate surface area is 210 Å². The number of hydrogen-bond donors (Lipinski definition) is 3. The predicted molar refractivity (Wildman–Crippen MR) is 135 cm³/mol. The summed E-state index contributed by atoms with van der Waals surface area (Å²) in [7, 11) is 0. The minimum atomic E-state index is -0.964. The number of ketones is 1. The standard InChI is InChI=1S/C30H44O5/c1-17(2)18-9-12-30(25(34)35)14-13-28(5)19(23(18)30)7-8-22-26(3)15-20(32)24(33)27(4,16-31)21(26)10-11-29(22,28)6/h15,18-19,21-23,31-32H,1,7-14,16H2,2-6H3,(H,34,35)/t18-,19+,21+,22+,23+,26-,27-,28+,29+,30-/m0/s1. The molecule has 0 unspecified atom stereocenters. The highest BCUT2D eigenvalue weighted by atomic mass is 16.4. The Morgan fingerprint density at radius 1 is 1.00 bits per heavy atom. The lowest BCUT2D eigenvalue weighted by atomic mass is 9.33. The number of carboxylic acids is 1. The number of hydrogen-bond acceptors (Lipinski definition) is 4. The third-order valence-electron chi connectivity index (χ3n) is 13.0. The Hall–Kier alpha value is -1.62. The second kappa shape index (κ2) is 7.46. The van der Waals surface area contributed by atoms with Gasteiger partial charge in [-0.2, -0.15) is 0 Å². The van der Waals surface area contributed by atoms with Crippen molar-refractivity contribution in [3.63, 3.8) is 0 Å². The Balaban J connectivity index is 1.61. The molecule has 35 heavy (non-hydrogen) atoms. The van der Waals surface area contributed by atoms with Crippen LogP contribution in [-0.2, 0) is 9.59 Å². The third kappa shape index (κ3) is 2.80. The molecule has 0 aromatic rings. The monoisotopic (exact) mass is 484 g/mol. The Bertz CT molecular complexity index is 1010. The molecule has 0 heterocycles. The van der Waals surface area contributed by atoms with Crippen LogP contribution in [0.1, 0.15) is 86.0 Å². The maximum Gasteiger partial charge on any atom is 0.309 e. The van der Waals surface area contributed by atoms with Gasteiger partial charge in [0.25, 0.3) is 0 Å². The molecule has 0 aromatic heterocycles. The maximum absolute atomic E-state index is 13.0. The van der Waals surface area contributed by atoms with Crippen LogP contribution in [0.4, 0.5) is 0 Å². The van der Waals surface area contributed by atoms with Gasteiger partial charge in [0.05, 0.1) is 17.4 Å². The number of aliphatic carboxylic acids is 1. The number of carbonyl (C=O) groups excluding carboxylic acids is 1. The predicted octanol–water partition coefficient (Wildman–Crippen LogP) is 5.93. The molecule has 3 N–H and O–H groups in total. The van der Waals surface area contributed by atoms with Crippen molar-refractivity contribution in [3.05, 3.63) is 24.0 Å². The third-order valence-corrected chi connectivity index (χ3v) is 13.0. The number of rotatable bonds is 3. The summed E-state index contributed by atoms with van der Waals surface area (Å²) in [4.78, 5) is 25.7. The fourth-order valence-corrected chi connectivity index (χ4v) is 11.0. The van der Waals surface area contributed by atoms with Crippen molar-refractivity contribution >= 4 is 11.8 Å². The smallest absolute Gasteiger partial charge is 0.309 e. The summed E-state index contributed by atoms with van der Waals surface area (Å²) in [6, 6.07) is 0. The Morgan fingerprint density at radius 2 is 1.69 bits per heavy atom. The zero-order valence-electron chi connectivity index (χ0n) is 22.2. The first-order chi connectivity index (χ1) is 16.2. The zero-order chi connectivity index (χ0) is 25.8. The van der Waals surface area contributed by atoms with E-state index in [1.807, 2.05) is 13.0 Å². The number of aliphatic hydroxyl groups is 2. The van der Waals surface area contributed by atoms with Crippen molar-refractivity contribution in [2.24, 2.45) is 56.7 Å². The van der Waals surface area contributed by atoms with Gasteiger partial charge in [0.15, 0.2) is 5.76 Å². The maximum atomic E-state index is 13.0. The number of Topliss-reactive ketones (excluding diaryl/α,β-unsaturated/α-hetero) is 1. The number of allylic oxidation sites excluding steroid dienone is 3. The lowest BCUT2D eigenvalue weighted by molar-refractivity contribution is -0.224. The molecule has 5 rings (SSSR count). The van der Waals surface area contributed by atoms with E-state index < -0.39 is 16.8 Å². The Morgan fingerprint density at radius 3 is 2.29 bits per heavy atom. The molecular formula is C30H44O5. The van der Waals surface area contributed by atoms with E-state index in [0.717, 1.165) is 56.9 Å². The molecule has 0 aliphatic heterocycles. The van der Waals surface area contributed by atoms with Gasteiger partial charge >= 0.3 is 5.97 Å². The van der Waals surface area contributed by atoms with Gasteiger partial charge in [-0.25, -0.2) is 0 Å². The van der Waals surface area contributed by atoms with Crippen LogP contribution < -0.4 is 0 Å². The summed E-state index contributed by atoms with van der Waals surface area (Å²) >= 11 is 0. The van der Waals surface area contributed by atoms with Crippen LogP contribution in [0.5, 0.6) is 0 Å². The van der Waals surface area contributed by atoms with Crippen LogP contribution in [0, 0.1) is 56.7 Å². The van der Waals surface area contributed by atoms with Crippen molar-refractivity contribution in [2.75, 3.05) is 6.61 Å². The highest BCUT2D eigenvalue weighted by Gasteiger charge is 2.72. The first-order valence-corrected chi connectivity index (χ1v) is 13.7. The van der Waals surface area contributed by atoms with E-state index in [2.05, 4.69) is 34.3 Å². The minimum Gasteiger partial charge on any atom is -0.505 e. The lowest BCUT2D eigenvalue weighted by Crippen LogP contribution is -2.66. The normalized spacial score (nSPS) is 53.0. The molecule has 5 aliphatic rings. The second-order valence-corrected chi connectivity index (χ2v) is 13.9. The molecule has 5 nitrogen and oxygen atoms in total. The Kier molecular flexibility index (Phi) is 5.34. The molecule has 0 spiro atoms. The van der Waals surface area contributed by atoms with E-state index >= 15 is 0 Å². The van der Waals surface area contributed by atoms with Gasteiger partial charge in [-0.15, -0.1) is 0 Å². The van der Waals surface area contributed by atoms with E-state index in [1.54, 1.807) is 0 Å². The van der Waals surface area contributed by atoms with Gasteiger partial charge in [-0.3, -0.25) is 9.59 Å².